The lowest BCUT2D eigenvalue weighted by atomic mass is 9.78. The number of allylic oxidation sites excluding steroid dienone is 2. The zero-order chi connectivity index (χ0) is 19.8. The first kappa shape index (κ1) is 21.9. The van der Waals surface area contributed by atoms with Crippen LogP contribution in [0.5, 0.6) is 0 Å². The van der Waals surface area contributed by atoms with Crippen molar-refractivity contribution in [1.82, 2.24) is 0 Å². The Morgan fingerprint density at radius 2 is 1.29 bits per heavy atom. The molecule has 3 fully saturated rings. The quantitative estimate of drug-likeness (QED) is 0.334. The molecule has 2 nitrogen and oxygen atoms in total. The summed E-state index contributed by atoms with van der Waals surface area (Å²) in [4.78, 5) is 12.6. The summed E-state index contributed by atoms with van der Waals surface area (Å²) in [5, 5.41) is 0. The van der Waals surface area contributed by atoms with Gasteiger partial charge in [0, 0.05) is 0 Å². The van der Waals surface area contributed by atoms with Gasteiger partial charge in [0.1, 0.15) is 6.10 Å². The highest BCUT2D eigenvalue weighted by Gasteiger charge is 2.30. The zero-order valence-corrected chi connectivity index (χ0v) is 18.5. The standard InChI is InChI=1S/C26H44O2/c1-3-5-21-14-18-25(19-15-21)28-26(27)24-16-12-23(13-17-24)11-10-22-8-6-20(4-2)7-9-22/h10-11,20-25H,3-9,12-19H2,1-2H3. The molecule has 0 aromatic heterocycles. The summed E-state index contributed by atoms with van der Waals surface area (Å²) < 4.78 is 5.91. The molecular weight excluding hydrogens is 344 g/mol. The minimum atomic E-state index is 0.110. The van der Waals surface area contributed by atoms with Gasteiger partial charge in [-0.3, -0.25) is 4.79 Å². The van der Waals surface area contributed by atoms with Gasteiger partial charge in [0.05, 0.1) is 5.92 Å². The second kappa shape index (κ2) is 11.4. The third-order valence-corrected chi connectivity index (χ3v) is 8.00. The van der Waals surface area contributed by atoms with Crippen molar-refractivity contribution in [2.24, 2.45) is 29.6 Å². The van der Waals surface area contributed by atoms with E-state index in [-0.39, 0.29) is 18.0 Å². The molecular formula is C26H44O2. The van der Waals surface area contributed by atoms with Gasteiger partial charge in [-0.2, -0.15) is 0 Å². The molecule has 160 valence electrons. The SMILES string of the molecule is CCCC1CCC(OC(=O)C2CCC(C=CC3CCC(CC)CC3)CC2)CC1. The number of carbonyl (C=O) groups is 1. The zero-order valence-electron chi connectivity index (χ0n) is 18.5. The smallest absolute Gasteiger partial charge is 0.309 e. The van der Waals surface area contributed by atoms with E-state index in [2.05, 4.69) is 26.0 Å². The third kappa shape index (κ3) is 6.63. The molecule has 0 bridgehead atoms. The Balaban J connectivity index is 1.32. The molecule has 0 N–H and O–H groups in total. The first-order chi connectivity index (χ1) is 13.7. The molecule has 0 atom stereocenters. The van der Waals surface area contributed by atoms with Gasteiger partial charge in [-0.15, -0.1) is 0 Å². The molecule has 2 heteroatoms. The molecule has 0 radical (unpaired) electrons. The van der Waals surface area contributed by atoms with Crippen molar-refractivity contribution in [2.45, 2.75) is 116 Å². The van der Waals surface area contributed by atoms with E-state index in [0.29, 0.717) is 5.92 Å². The van der Waals surface area contributed by atoms with Crippen molar-refractivity contribution >= 4 is 5.97 Å². The first-order valence-corrected chi connectivity index (χ1v) is 12.6. The monoisotopic (exact) mass is 388 g/mol. The van der Waals surface area contributed by atoms with Crippen LogP contribution in [-0.4, -0.2) is 12.1 Å². The van der Waals surface area contributed by atoms with Gasteiger partial charge in [-0.05, 0) is 101 Å². The van der Waals surface area contributed by atoms with Crippen LogP contribution < -0.4 is 0 Å². The van der Waals surface area contributed by atoms with E-state index in [1.807, 2.05) is 0 Å². The molecule has 3 saturated carbocycles. The van der Waals surface area contributed by atoms with Crippen molar-refractivity contribution in [3.8, 4) is 0 Å². The minimum Gasteiger partial charge on any atom is -0.462 e. The summed E-state index contributed by atoms with van der Waals surface area (Å²) in [6.07, 6.45) is 23.9. The molecule has 0 heterocycles. The molecule has 0 saturated heterocycles. The van der Waals surface area contributed by atoms with Gasteiger partial charge < -0.3 is 4.74 Å². The van der Waals surface area contributed by atoms with Gasteiger partial charge in [-0.25, -0.2) is 0 Å². The Hall–Kier alpha value is -0.790. The van der Waals surface area contributed by atoms with Crippen LogP contribution in [0.2, 0.25) is 0 Å². The Morgan fingerprint density at radius 3 is 1.82 bits per heavy atom. The topological polar surface area (TPSA) is 26.3 Å². The summed E-state index contributed by atoms with van der Waals surface area (Å²) in [5.41, 5.74) is 0. The van der Waals surface area contributed by atoms with Gasteiger partial charge >= 0.3 is 5.97 Å². The number of esters is 1. The van der Waals surface area contributed by atoms with Gasteiger partial charge in [0.2, 0.25) is 0 Å². The van der Waals surface area contributed by atoms with E-state index in [9.17, 15) is 4.79 Å². The van der Waals surface area contributed by atoms with Crippen LogP contribution in [0.4, 0.5) is 0 Å². The highest BCUT2D eigenvalue weighted by molar-refractivity contribution is 5.72. The summed E-state index contributed by atoms with van der Waals surface area (Å²) in [6.45, 7) is 4.61. The third-order valence-electron chi connectivity index (χ3n) is 8.00. The van der Waals surface area contributed by atoms with Crippen LogP contribution in [0.1, 0.15) is 110 Å². The maximum atomic E-state index is 12.6. The second-order valence-electron chi connectivity index (χ2n) is 10.1. The predicted molar refractivity (Wildman–Crippen MR) is 117 cm³/mol. The van der Waals surface area contributed by atoms with Gasteiger partial charge in [-0.1, -0.05) is 45.3 Å². The molecule has 0 aromatic rings. The largest absolute Gasteiger partial charge is 0.462 e. The Bertz CT molecular complexity index is 473. The van der Waals surface area contributed by atoms with E-state index >= 15 is 0 Å². The van der Waals surface area contributed by atoms with E-state index in [1.165, 1.54) is 70.6 Å². The van der Waals surface area contributed by atoms with Crippen LogP contribution >= 0.6 is 0 Å². The summed E-state index contributed by atoms with van der Waals surface area (Å²) in [6, 6.07) is 0. The lowest BCUT2D eigenvalue weighted by molar-refractivity contribution is -0.157. The number of rotatable bonds is 7. The highest BCUT2D eigenvalue weighted by Crippen LogP contribution is 2.35. The van der Waals surface area contributed by atoms with Crippen molar-refractivity contribution in [3.63, 3.8) is 0 Å². The predicted octanol–water partition coefficient (Wildman–Crippen LogP) is 7.47. The average Bonchev–Trinajstić information content (AvgIpc) is 2.74. The number of hydrogen-bond acceptors (Lipinski definition) is 2. The molecule has 0 aliphatic heterocycles. The number of ether oxygens (including phenoxy) is 1. The second-order valence-corrected chi connectivity index (χ2v) is 10.1. The number of carbonyl (C=O) groups excluding carboxylic acids is 1. The number of hydrogen-bond donors (Lipinski definition) is 0. The lowest BCUT2D eigenvalue weighted by Crippen LogP contribution is -2.30. The summed E-state index contributed by atoms with van der Waals surface area (Å²) in [7, 11) is 0. The van der Waals surface area contributed by atoms with Crippen molar-refractivity contribution < 1.29 is 9.53 Å². The maximum absolute atomic E-state index is 12.6. The van der Waals surface area contributed by atoms with E-state index in [1.54, 1.807) is 0 Å². The molecule has 28 heavy (non-hydrogen) atoms. The van der Waals surface area contributed by atoms with E-state index in [0.717, 1.165) is 43.4 Å². The van der Waals surface area contributed by atoms with Crippen molar-refractivity contribution in [2.75, 3.05) is 0 Å². The van der Waals surface area contributed by atoms with Crippen LogP contribution in [-0.2, 0) is 9.53 Å². The Kier molecular flexibility index (Phi) is 8.93. The van der Waals surface area contributed by atoms with E-state index < -0.39 is 0 Å². The van der Waals surface area contributed by atoms with E-state index in [4.69, 9.17) is 4.74 Å². The molecule has 0 unspecified atom stereocenters. The van der Waals surface area contributed by atoms with Crippen molar-refractivity contribution in [3.05, 3.63) is 12.2 Å². The average molecular weight is 389 g/mol. The highest BCUT2D eigenvalue weighted by atomic mass is 16.5. The normalized spacial score (nSPS) is 37.1. The fourth-order valence-electron chi connectivity index (χ4n) is 5.86. The van der Waals surface area contributed by atoms with Crippen molar-refractivity contribution in [1.29, 1.82) is 0 Å². The fourth-order valence-corrected chi connectivity index (χ4v) is 5.86. The Morgan fingerprint density at radius 1 is 0.750 bits per heavy atom. The molecule has 0 aromatic carbocycles. The van der Waals surface area contributed by atoms with Crippen LogP contribution in [0, 0.1) is 29.6 Å². The van der Waals surface area contributed by atoms with Gasteiger partial charge in [0.25, 0.3) is 0 Å². The van der Waals surface area contributed by atoms with Crippen LogP contribution in [0.3, 0.4) is 0 Å². The van der Waals surface area contributed by atoms with Crippen LogP contribution in [0.25, 0.3) is 0 Å². The Labute approximate surface area is 173 Å². The molecule has 0 spiro atoms. The lowest BCUT2D eigenvalue weighted by Gasteiger charge is -2.31. The van der Waals surface area contributed by atoms with Gasteiger partial charge in [0.15, 0.2) is 0 Å². The molecule has 3 aliphatic rings. The minimum absolute atomic E-state index is 0.110. The fraction of sp³-hybridized carbons (Fsp3) is 0.885. The van der Waals surface area contributed by atoms with Crippen LogP contribution in [0.15, 0.2) is 12.2 Å². The molecule has 3 aliphatic carbocycles. The molecule has 0 amide bonds. The first-order valence-electron chi connectivity index (χ1n) is 12.6. The molecule has 3 rings (SSSR count). The summed E-state index contributed by atoms with van der Waals surface area (Å²) in [5.74, 6) is 3.63. The maximum Gasteiger partial charge on any atom is 0.309 e. The summed E-state index contributed by atoms with van der Waals surface area (Å²) >= 11 is 0.